The molecule has 1 aromatic heterocycles. The van der Waals surface area contributed by atoms with Crippen LogP contribution >= 0.6 is 0 Å². The SMILES string of the molecule is O=C(O)C1CCCc2nn(CC3(c4ccc(C(F)(F)F)cc4)CC3)c(=O)n21. The van der Waals surface area contributed by atoms with Crippen molar-refractivity contribution >= 4 is 5.97 Å². The zero-order valence-electron chi connectivity index (χ0n) is 14.4. The highest BCUT2D eigenvalue weighted by molar-refractivity contribution is 5.72. The number of nitrogens with zero attached hydrogens (tertiary/aromatic N) is 3. The number of benzene rings is 1. The van der Waals surface area contributed by atoms with Crippen LogP contribution in [0.25, 0.3) is 0 Å². The van der Waals surface area contributed by atoms with Gasteiger partial charge in [-0.3, -0.25) is 4.57 Å². The Labute approximate surface area is 152 Å². The van der Waals surface area contributed by atoms with Crippen molar-refractivity contribution in [3.05, 3.63) is 51.7 Å². The van der Waals surface area contributed by atoms with Gasteiger partial charge < -0.3 is 5.11 Å². The molecule has 1 saturated carbocycles. The quantitative estimate of drug-likeness (QED) is 0.884. The van der Waals surface area contributed by atoms with E-state index in [1.54, 1.807) is 0 Å². The van der Waals surface area contributed by atoms with Gasteiger partial charge in [-0.25, -0.2) is 14.3 Å². The first kappa shape index (κ1) is 17.8. The Morgan fingerprint density at radius 3 is 2.48 bits per heavy atom. The van der Waals surface area contributed by atoms with E-state index < -0.39 is 34.9 Å². The van der Waals surface area contributed by atoms with Gasteiger partial charge in [0.15, 0.2) is 0 Å². The molecule has 2 aromatic rings. The molecule has 1 fully saturated rings. The van der Waals surface area contributed by atoms with Crippen LogP contribution in [0.5, 0.6) is 0 Å². The number of aliphatic carboxylic acids is 1. The smallest absolute Gasteiger partial charge is 0.416 e. The number of aryl methyl sites for hydroxylation is 1. The zero-order chi connectivity index (χ0) is 19.4. The van der Waals surface area contributed by atoms with Crippen LogP contribution in [0, 0.1) is 0 Å². The third kappa shape index (κ3) is 3.04. The van der Waals surface area contributed by atoms with Gasteiger partial charge in [0.25, 0.3) is 0 Å². The Morgan fingerprint density at radius 1 is 1.26 bits per heavy atom. The number of rotatable bonds is 4. The lowest BCUT2D eigenvalue weighted by Gasteiger charge is -2.19. The van der Waals surface area contributed by atoms with Gasteiger partial charge in [0, 0.05) is 11.8 Å². The van der Waals surface area contributed by atoms with E-state index in [0.717, 1.165) is 30.5 Å². The van der Waals surface area contributed by atoms with Crippen molar-refractivity contribution in [1.29, 1.82) is 0 Å². The first-order valence-corrected chi connectivity index (χ1v) is 8.80. The maximum Gasteiger partial charge on any atom is 0.416 e. The lowest BCUT2D eigenvalue weighted by molar-refractivity contribution is -0.141. The molecule has 144 valence electrons. The van der Waals surface area contributed by atoms with Gasteiger partial charge in [0.2, 0.25) is 0 Å². The number of hydrogen-bond donors (Lipinski definition) is 1. The summed E-state index contributed by atoms with van der Waals surface area (Å²) < 4.78 is 40.8. The minimum atomic E-state index is -4.39. The van der Waals surface area contributed by atoms with Gasteiger partial charge in [-0.2, -0.15) is 18.3 Å². The molecule has 2 aliphatic rings. The second-order valence-electron chi connectivity index (χ2n) is 7.33. The molecule has 0 saturated heterocycles. The lowest BCUT2D eigenvalue weighted by Crippen LogP contribution is -2.35. The summed E-state index contributed by atoms with van der Waals surface area (Å²) in [7, 11) is 0. The van der Waals surface area contributed by atoms with Gasteiger partial charge in [0.1, 0.15) is 11.9 Å². The number of carbonyl (C=O) groups is 1. The summed E-state index contributed by atoms with van der Waals surface area (Å²) in [4.78, 5) is 24.1. The fraction of sp³-hybridized carbons (Fsp3) is 0.500. The topological polar surface area (TPSA) is 77.1 Å². The van der Waals surface area contributed by atoms with E-state index in [-0.39, 0.29) is 6.54 Å². The van der Waals surface area contributed by atoms with Crippen molar-refractivity contribution in [1.82, 2.24) is 14.3 Å². The number of carboxylic acids is 1. The molecule has 2 heterocycles. The maximum absolute atomic E-state index is 12.8. The average Bonchev–Trinajstić information content (AvgIpc) is 3.33. The second-order valence-corrected chi connectivity index (χ2v) is 7.33. The summed E-state index contributed by atoms with van der Waals surface area (Å²) in [6, 6.07) is 4.11. The van der Waals surface area contributed by atoms with Crippen molar-refractivity contribution in [3.8, 4) is 0 Å². The molecule has 4 rings (SSSR count). The standard InChI is InChI=1S/C18H18F3N3O3/c19-18(20,21)12-6-4-11(5-7-12)17(8-9-17)10-23-16(27)24-13(15(25)26)2-1-3-14(24)22-23/h4-7,13H,1-3,8-10H2,(H,25,26). The predicted octanol–water partition coefficient (Wildman–Crippen LogP) is 2.76. The van der Waals surface area contributed by atoms with Crippen LogP contribution in [0.3, 0.4) is 0 Å². The van der Waals surface area contributed by atoms with Gasteiger partial charge in [0.05, 0.1) is 12.1 Å². The Hall–Kier alpha value is -2.58. The Kier molecular flexibility index (Phi) is 3.94. The third-order valence-corrected chi connectivity index (χ3v) is 5.55. The van der Waals surface area contributed by atoms with Crippen LogP contribution < -0.4 is 5.69 Å². The molecule has 6 nitrogen and oxygen atoms in total. The molecule has 1 unspecified atom stereocenters. The molecule has 1 aliphatic heterocycles. The van der Waals surface area contributed by atoms with E-state index in [9.17, 15) is 27.9 Å². The summed E-state index contributed by atoms with van der Waals surface area (Å²) in [5, 5.41) is 13.7. The summed E-state index contributed by atoms with van der Waals surface area (Å²) in [6.07, 6.45) is -1.32. The van der Waals surface area contributed by atoms with Gasteiger partial charge in [-0.15, -0.1) is 0 Å². The van der Waals surface area contributed by atoms with Crippen LogP contribution in [0.2, 0.25) is 0 Å². The van der Waals surface area contributed by atoms with Crippen molar-refractivity contribution in [3.63, 3.8) is 0 Å². The van der Waals surface area contributed by atoms with E-state index >= 15 is 0 Å². The summed E-state index contributed by atoms with van der Waals surface area (Å²) in [6.45, 7) is 0.240. The highest BCUT2D eigenvalue weighted by atomic mass is 19.4. The molecule has 1 aromatic carbocycles. The molecule has 27 heavy (non-hydrogen) atoms. The summed E-state index contributed by atoms with van der Waals surface area (Å²) in [5.74, 6) is -0.594. The van der Waals surface area contributed by atoms with Gasteiger partial charge in [-0.05, 0) is 43.4 Å². The third-order valence-electron chi connectivity index (χ3n) is 5.55. The highest BCUT2D eigenvalue weighted by Gasteiger charge is 2.46. The molecule has 9 heteroatoms. The van der Waals surface area contributed by atoms with Crippen molar-refractivity contribution in [2.45, 2.75) is 56.3 Å². The fourth-order valence-electron chi connectivity index (χ4n) is 3.86. The highest BCUT2D eigenvalue weighted by Crippen LogP contribution is 2.49. The minimum absolute atomic E-state index is 0.240. The summed E-state index contributed by atoms with van der Waals surface area (Å²) >= 11 is 0. The normalized spacial score (nSPS) is 20.9. The maximum atomic E-state index is 12.8. The first-order valence-electron chi connectivity index (χ1n) is 8.80. The van der Waals surface area contributed by atoms with Crippen molar-refractivity contribution < 1.29 is 23.1 Å². The van der Waals surface area contributed by atoms with E-state index in [2.05, 4.69) is 5.10 Å². The number of hydrogen-bond acceptors (Lipinski definition) is 3. The van der Waals surface area contributed by atoms with Crippen LogP contribution in [0.4, 0.5) is 13.2 Å². The molecule has 0 radical (unpaired) electrons. The van der Waals surface area contributed by atoms with Crippen LogP contribution in [-0.4, -0.2) is 25.4 Å². The predicted molar refractivity (Wildman–Crippen MR) is 88.5 cm³/mol. The number of aromatic nitrogens is 3. The first-order chi connectivity index (χ1) is 12.7. The van der Waals surface area contributed by atoms with Crippen molar-refractivity contribution in [2.24, 2.45) is 0 Å². The number of halogens is 3. The zero-order valence-corrected chi connectivity index (χ0v) is 14.4. The van der Waals surface area contributed by atoms with Crippen LogP contribution in [0.1, 0.15) is 48.7 Å². The number of alkyl halides is 3. The van der Waals surface area contributed by atoms with Gasteiger partial charge in [-0.1, -0.05) is 12.1 Å². The fourth-order valence-corrected chi connectivity index (χ4v) is 3.86. The van der Waals surface area contributed by atoms with Crippen molar-refractivity contribution in [2.75, 3.05) is 0 Å². The van der Waals surface area contributed by atoms with E-state index in [4.69, 9.17) is 0 Å². The molecule has 0 amide bonds. The minimum Gasteiger partial charge on any atom is -0.480 e. The van der Waals surface area contributed by atoms with Crippen LogP contribution in [0.15, 0.2) is 29.1 Å². The Bertz CT molecular complexity index is 939. The van der Waals surface area contributed by atoms with Gasteiger partial charge >= 0.3 is 17.8 Å². The lowest BCUT2D eigenvalue weighted by atomic mass is 9.95. The van der Waals surface area contributed by atoms with E-state index in [0.29, 0.717) is 25.1 Å². The van der Waals surface area contributed by atoms with Crippen LogP contribution in [-0.2, 0) is 29.4 Å². The number of fused-ring (bicyclic) bond motifs is 1. The van der Waals surface area contributed by atoms with E-state index in [1.807, 2.05) is 0 Å². The second kappa shape index (κ2) is 5.97. The molecular weight excluding hydrogens is 363 g/mol. The molecule has 0 spiro atoms. The molecule has 1 atom stereocenters. The monoisotopic (exact) mass is 381 g/mol. The largest absolute Gasteiger partial charge is 0.480 e. The summed E-state index contributed by atoms with van der Waals surface area (Å²) in [5.41, 5.74) is -0.851. The van der Waals surface area contributed by atoms with E-state index in [1.165, 1.54) is 21.4 Å². The molecular formula is C18H18F3N3O3. The molecule has 1 N–H and O–H groups in total. The Balaban J connectivity index is 1.63. The number of carboxylic acid groups (broad SMARTS) is 1. The Morgan fingerprint density at radius 2 is 1.93 bits per heavy atom. The molecule has 1 aliphatic carbocycles. The average molecular weight is 381 g/mol. The molecule has 0 bridgehead atoms.